The number of likely N-dealkylation sites (tertiary alicyclic amines) is 1. The van der Waals surface area contributed by atoms with Crippen LogP contribution in [0.3, 0.4) is 0 Å². The first kappa shape index (κ1) is 21.3. The third-order valence-electron chi connectivity index (χ3n) is 6.22. The van der Waals surface area contributed by atoms with E-state index in [0.29, 0.717) is 30.3 Å². The summed E-state index contributed by atoms with van der Waals surface area (Å²) in [4.78, 5) is 47.1. The fourth-order valence-corrected chi connectivity index (χ4v) is 4.45. The Labute approximate surface area is 191 Å². The average molecular weight is 454 g/mol. The van der Waals surface area contributed by atoms with Crippen LogP contribution < -0.4 is 20.4 Å². The molecule has 1 atom stereocenters. The van der Waals surface area contributed by atoms with Gasteiger partial charge in [-0.25, -0.2) is 20.2 Å². The number of piperidine rings is 1. The Balaban J connectivity index is 1.34. The fraction of sp³-hybridized carbons (Fsp3) is 0.455. The SMILES string of the molecule is CNC(=O)CN1NC2C=C(N3CCOc4cc(C(=O)N5CCCCC5)cnc43)C=CN2C1=O. The number of anilines is 1. The predicted octanol–water partition coefficient (Wildman–Crippen LogP) is 0.632. The Kier molecular flexibility index (Phi) is 5.63. The molecule has 2 fully saturated rings. The van der Waals surface area contributed by atoms with Crippen LogP contribution in [0.1, 0.15) is 29.6 Å². The molecule has 1 aromatic heterocycles. The van der Waals surface area contributed by atoms with Crippen molar-refractivity contribution < 1.29 is 19.1 Å². The molecule has 1 aromatic rings. The number of ether oxygens (including phenoxy) is 1. The summed E-state index contributed by atoms with van der Waals surface area (Å²) in [5.74, 6) is 0.929. The van der Waals surface area contributed by atoms with Crippen LogP contribution in [-0.2, 0) is 4.79 Å². The summed E-state index contributed by atoms with van der Waals surface area (Å²) in [6, 6.07) is 1.48. The normalized spacial score (nSPS) is 21.9. The number of hydrogen-bond acceptors (Lipinski definition) is 7. The van der Waals surface area contributed by atoms with Gasteiger partial charge in [-0.15, -0.1) is 0 Å². The van der Waals surface area contributed by atoms with Crippen molar-refractivity contribution in [3.05, 3.63) is 41.9 Å². The van der Waals surface area contributed by atoms with Gasteiger partial charge in [0.15, 0.2) is 11.6 Å². The summed E-state index contributed by atoms with van der Waals surface area (Å²) in [6.07, 6.45) is 9.87. The number of hydrazine groups is 1. The summed E-state index contributed by atoms with van der Waals surface area (Å²) in [6.45, 7) is 2.51. The van der Waals surface area contributed by atoms with Gasteiger partial charge in [-0.3, -0.25) is 14.5 Å². The smallest absolute Gasteiger partial charge is 0.340 e. The molecule has 0 aromatic carbocycles. The molecule has 4 aliphatic heterocycles. The van der Waals surface area contributed by atoms with Crippen LogP contribution in [0, 0.1) is 0 Å². The first-order valence-electron chi connectivity index (χ1n) is 11.2. The Morgan fingerprint density at radius 2 is 2.06 bits per heavy atom. The van der Waals surface area contributed by atoms with Crippen LogP contribution in [0.25, 0.3) is 0 Å². The highest BCUT2D eigenvalue weighted by atomic mass is 16.5. The Hall–Kier alpha value is -3.60. The topological polar surface area (TPSA) is 110 Å². The second kappa shape index (κ2) is 8.74. The van der Waals surface area contributed by atoms with Crippen molar-refractivity contribution in [2.75, 3.05) is 44.7 Å². The maximum Gasteiger partial charge on any atom is 0.340 e. The van der Waals surface area contributed by atoms with Gasteiger partial charge in [0, 0.05) is 38.2 Å². The van der Waals surface area contributed by atoms with Crippen molar-refractivity contribution in [3.63, 3.8) is 0 Å². The number of nitrogens with zero attached hydrogens (tertiary/aromatic N) is 5. The van der Waals surface area contributed by atoms with E-state index in [9.17, 15) is 14.4 Å². The van der Waals surface area contributed by atoms with Crippen LogP contribution >= 0.6 is 0 Å². The molecule has 2 N–H and O–H groups in total. The molecule has 0 aliphatic carbocycles. The first-order valence-corrected chi connectivity index (χ1v) is 11.2. The second-order valence-electron chi connectivity index (χ2n) is 8.33. The molecule has 5 heterocycles. The number of aromatic nitrogens is 1. The molecule has 4 aliphatic rings. The lowest BCUT2D eigenvalue weighted by atomic mass is 10.1. The number of amides is 4. The number of fused-ring (bicyclic) bond motifs is 2. The predicted molar refractivity (Wildman–Crippen MR) is 119 cm³/mol. The molecule has 0 radical (unpaired) electrons. The van der Waals surface area contributed by atoms with Gasteiger partial charge >= 0.3 is 6.03 Å². The van der Waals surface area contributed by atoms with Gasteiger partial charge in [-0.05, 0) is 37.5 Å². The maximum absolute atomic E-state index is 12.9. The fourth-order valence-electron chi connectivity index (χ4n) is 4.45. The third kappa shape index (κ3) is 3.99. The van der Waals surface area contributed by atoms with Crippen molar-refractivity contribution in [1.82, 2.24) is 30.5 Å². The van der Waals surface area contributed by atoms with Gasteiger partial charge in [0.1, 0.15) is 19.3 Å². The molecular formula is C22H27N7O4. The molecule has 2 saturated heterocycles. The van der Waals surface area contributed by atoms with E-state index < -0.39 is 6.17 Å². The number of carbonyl (C=O) groups is 3. The summed E-state index contributed by atoms with van der Waals surface area (Å²) in [5.41, 5.74) is 4.44. The number of pyridine rings is 1. The lowest BCUT2D eigenvalue weighted by molar-refractivity contribution is -0.121. The molecule has 0 bridgehead atoms. The zero-order valence-corrected chi connectivity index (χ0v) is 18.5. The number of rotatable bonds is 4. The van der Waals surface area contributed by atoms with Crippen LogP contribution in [0.5, 0.6) is 5.75 Å². The summed E-state index contributed by atoms with van der Waals surface area (Å²) in [7, 11) is 1.53. The maximum atomic E-state index is 12.9. The molecular weight excluding hydrogens is 426 g/mol. The van der Waals surface area contributed by atoms with E-state index in [1.165, 1.54) is 17.0 Å². The number of carbonyl (C=O) groups excluding carboxylic acids is 3. The van der Waals surface area contributed by atoms with Crippen molar-refractivity contribution in [2.24, 2.45) is 0 Å². The number of allylic oxidation sites excluding steroid dienone is 1. The minimum Gasteiger partial charge on any atom is -0.488 e. The van der Waals surface area contributed by atoms with Gasteiger partial charge in [0.2, 0.25) is 5.91 Å². The first-order chi connectivity index (χ1) is 16.0. The highest BCUT2D eigenvalue weighted by Crippen LogP contribution is 2.34. The van der Waals surface area contributed by atoms with E-state index in [-0.39, 0.29) is 24.4 Å². The van der Waals surface area contributed by atoms with Gasteiger partial charge < -0.3 is 19.9 Å². The highest BCUT2D eigenvalue weighted by Gasteiger charge is 2.38. The van der Waals surface area contributed by atoms with E-state index >= 15 is 0 Å². The quantitative estimate of drug-likeness (QED) is 0.688. The van der Waals surface area contributed by atoms with E-state index in [0.717, 1.165) is 38.0 Å². The van der Waals surface area contributed by atoms with Crippen LogP contribution in [0.2, 0.25) is 0 Å². The van der Waals surface area contributed by atoms with Gasteiger partial charge in [-0.1, -0.05) is 0 Å². The number of nitrogens with one attached hydrogen (secondary N) is 2. The zero-order valence-electron chi connectivity index (χ0n) is 18.5. The molecule has 11 heteroatoms. The standard InChI is InChI=1S/C22H27N7O4/c1-23-19(30)14-29-22(32)28-8-5-16(12-18(28)25-29)27-9-10-33-17-11-15(13-24-20(17)27)21(31)26-6-3-2-4-7-26/h5,8,11-13,18,25H,2-4,6-7,9-10,14H2,1H3,(H,23,30). The van der Waals surface area contributed by atoms with Gasteiger partial charge in [-0.2, -0.15) is 0 Å². The lowest BCUT2D eigenvalue weighted by Crippen LogP contribution is -2.43. The number of urea groups is 1. The lowest BCUT2D eigenvalue weighted by Gasteiger charge is -2.33. The molecule has 33 heavy (non-hydrogen) atoms. The van der Waals surface area contributed by atoms with Crippen molar-refractivity contribution in [1.29, 1.82) is 0 Å². The molecule has 1 unspecified atom stereocenters. The number of hydrogen-bond donors (Lipinski definition) is 2. The largest absolute Gasteiger partial charge is 0.488 e. The Morgan fingerprint density at radius 1 is 1.24 bits per heavy atom. The molecule has 174 valence electrons. The van der Waals surface area contributed by atoms with Crippen molar-refractivity contribution in [3.8, 4) is 5.75 Å². The molecule has 0 spiro atoms. The molecule has 4 amide bonds. The second-order valence-corrected chi connectivity index (χ2v) is 8.33. The van der Waals surface area contributed by atoms with E-state index in [1.807, 2.05) is 22.0 Å². The van der Waals surface area contributed by atoms with E-state index in [4.69, 9.17) is 4.74 Å². The van der Waals surface area contributed by atoms with Crippen molar-refractivity contribution in [2.45, 2.75) is 25.4 Å². The minimum absolute atomic E-state index is 0.0111. The molecule has 5 rings (SSSR count). The monoisotopic (exact) mass is 453 g/mol. The summed E-state index contributed by atoms with van der Waals surface area (Å²) >= 11 is 0. The Bertz CT molecular complexity index is 1030. The van der Waals surface area contributed by atoms with Crippen LogP contribution in [0.4, 0.5) is 10.6 Å². The van der Waals surface area contributed by atoms with E-state index in [1.54, 1.807) is 18.5 Å². The molecule has 0 saturated carbocycles. The Morgan fingerprint density at radius 3 is 2.85 bits per heavy atom. The average Bonchev–Trinajstić information content (AvgIpc) is 3.17. The number of likely N-dealkylation sites (N-methyl/N-ethyl adjacent to an activating group) is 1. The summed E-state index contributed by atoms with van der Waals surface area (Å²) in [5, 5.41) is 3.81. The van der Waals surface area contributed by atoms with Gasteiger partial charge in [0.25, 0.3) is 5.91 Å². The highest BCUT2D eigenvalue weighted by molar-refractivity contribution is 5.95. The zero-order chi connectivity index (χ0) is 22.9. The van der Waals surface area contributed by atoms with Gasteiger partial charge in [0.05, 0.1) is 12.1 Å². The third-order valence-corrected chi connectivity index (χ3v) is 6.22. The summed E-state index contributed by atoms with van der Waals surface area (Å²) < 4.78 is 5.84. The molecule has 11 nitrogen and oxygen atoms in total. The van der Waals surface area contributed by atoms with Crippen LogP contribution in [-0.4, -0.2) is 83.6 Å². The van der Waals surface area contributed by atoms with Crippen LogP contribution in [0.15, 0.2) is 36.3 Å². The van der Waals surface area contributed by atoms with E-state index in [2.05, 4.69) is 15.7 Å². The van der Waals surface area contributed by atoms with Crippen molar-refractivity contribution >= 4 is 23.7 Å². The minimum atomic E-state index is -0.409.